The summed E-state index contributed by atoms with van der Waals surface area (Å²) in [7, 11) is 0. The standard InChI is InChI=1S/C16H20N2/c1-3-11-17-16(14-7-5-4-6-8-14)15-10-9-13(2)18-12-15/h4-10,12,16-17H,3,11H2,1-2H3. The first kappa shape index (κ1) is 12.8. The summed E-state index contributed by atoms with van der Waals surface area (Å²) < 4.78 is 0. The average molecular weight is 240 g/mol. The number of hydrogen-bond acceptors (Lipinski definition) is 2. The summed E-state index contributed by atoms with van der Waals surface area (Å²) in [5.41, 5.74) is 3.57. The summed E-state index contributed by atoms with van der Waals surface area (Å²) in [6.07, 6.45) is 3.10. The molecule has 1 aromatic heterocycles. The van der Waals surface area contributed by atoms with Gasteiger partial charge in [0.15, 0.2) is 0 Å². The highest BCUT2D eigenvalue weighted by Crippen LogP contribution is 2.21. The molecule has 0 amide bonds. The maximum atomic E-state index is 4.39. The molecular formula is C16H20N2. The highest BCUT2D eigenvalue weighted by molar-refractivity contribution is 5.30. The van der Waals surface area contributed by atoms with E-state index in [4.69, 9.17) is 0 Å². The number of rotatable bonds is 5. The molecule has 2 heteroatoms. The topological polar surface area (TPSA) is 24.9 Å². The fourth-order valence-corrected chi connectivity index (χ4v) is 2.01. The third-order valence-corrected chi connectivity index (χ3v) is 3.00. The van der Waals surface area contributed by atoms with Gasteiger partial charge in [-0.1, -0.05) is 43.3 Å². The van der Waals surface area contributed by atoms with Crippen LogP contribution in [0.25, 0.3) is 0 Å². The SMILES string of the molecule is CCCNC(c1ccccc1)c1ccc(C)nc1. The van der Waals surface area contributed by atoms with Gasteiger partial charge in [0, 0.05) is 11.9 Å². The van der Waals surface area contributed by atoms with Crippen LogP contribution in [-0.4, -0.2) is 11.5 Å². The first-order valence-electron chi connectivity index (χ1n) is 6.52. The van der Waals surface area contributed by atoms with Crippen molar-refractivity contribution in [2.75, 3.05) is 6.54 Å². The van der Waals surface area contributed by atoms with Gasteiger partial charge in [0.1, 0.15) is 0 Å². The largest absolute Gasteiger partial charge is 0.306 e. The minimum absolute atomic E-state index is 0.235. The van der Waals surface area contributed by atoms with Crippen LogP contribution in [0, 0.1) is 6.92 Å². The molecular weight excluding hydrogens is 220 g/mol. The molecule has 2 aromatic rings. The van der Waals surface area contributed by atoms with Crippen molar-refractivity contribution in [2.45, 2.75) is 26.3 Å². The van der Waals surface area contributed by atoms with Gasteiger partial charge in [-0.2, -0.15) is 0 Å². The van der Waals surface area contributed by atoms with E-state index in [9.17, 15) is 0 Å². The van der Waals surface area contributed by atoms with Crippen LogP contribution < -0.4 is 5.32 Å². The molecule has 0 spiro atoms. The molecule has 0 saturated carbocycles. The minimum atomic E-state index is 0.235. The summed E-state index contributed by atoms with van der Waals surface area (Å²) in [5.74, 6) is 0. The molecule has 1 unspecified atom stereocenters. The predicted octanol–water partition coefficient (Wildman–Crippen LogP) is 3.48. The summed E-state index contributed by atoms with van der Waals surface area (Å²) >= 11 is 0. The Morgan fingerprint density at radius 1 is 1.06 bits per heavy atom. The minimum Gasteiger partial charge on any atom is -0.306 e. The van der Waals surface area contributed by atoms with E-state index in [0.29, 0.717) is 0 Å². The second kappa shape index (κ2) is 6.31. The Morgan fingerprint density at radius 3 is 2.44 bits per heavy atom. The zero-order chi connectivity index (χ0) is 12.8. The van der Waals surface area contributed by atoms with E-state index < -0.39 is 0 Å². The first-order chi connectivity index (χ1) is 8.81. The smallest absolute Gasteiger partial charge is 0.0591 e. The van der Waals surface area contributed by atoms with Crippen LogP contribution in [0.15, 0.2) is 48.7 Å². The lowest BCUT2D eigenvalue weighted by molar-refractivity contribution is 0.597. The summed E-state index contributed by atoms with van der Waals surface area (Å²) in [4.78, 5) is 4.39. The molecule has 94 valence electrons. The van der Waals surface area contributed by atoms with Crippen LogP contribution in [0.4, 0.5) is 0 Å². The van der Waals surface area contributed by atoms with Crippen molar-refractivity contribution in [1.82, 2.24) is 10.3 Å². The van der Waals surface area contributed by atoms with Gasteiger partial charge in [0.2, 0.25) is 0 Å². The van der Waals surface area contributed by atoms with Crippen molar-refractivity contribution in [3.63, 3.8) is 0 Å². The number of nitrogens with zero attached hydrogens (tertiary/aromatic N) is 1. The number of aromatic nitrogens is 1. The Morgan fingerprint density at radius 2 is 1.83 bits per heavy atom. The number of aryl methyl sites for hydroxylation is 1. The van der Waals surface area contributed by atoms with Crippen molar-refractivity contribution in [1.29, 1.82) is 0 Å². The normalized spacial score (nSPS) is 12.3. The fraction of sp³-hybridized carbons (Fsp3) is 0.312. The van der Waals surface area contributed by atoms with E-state index in [-0.39, 0.29) is 6.04 Å². The van der Waals surface area contributed by atoms with Gasteiger partial charge in [0.05, 0.1) is 6.04 Å². The van der Waals surface area contributed by atoms with Crippen molar-refractivity contribution >= 4 is 0 Å². The Labute approximate surface area is 109 Å². The second-order valence-corrected chi connectivity index (χ2v) is 4.53. The second-order valence-electron chi connectivity index (χ2n) is 4.53. The van der Waals surface area contributed by atoms with Gasteiger partial charge >= 0.3 is 0 Å². The van der Waals surface area contributed by atoms with Gasteiger partial charge < -0.3 is 5.32 Å². The summed E-state index contributed by atoms with van der Waals surface area (Å²) in [6.45, 7) is 5.21. The van der Waals surface area contributed by atoms with Gasteiger partial charge in [-0.3, -0.25) is 4.98 Å². The molecule has 0 bridgehead atoms. The van der Waals surface area contributed by atoms with E-state index in [1.807, 2.05) is 19.2 Å². The number of pyridine rings is 1. The molecule has 1 aromatic carbocycles. The number of nitrogens with one attached hydrogen (secondary N) is 1. The van der Waals surface area contributed by atoms with Crippen molar-refractivity contribution in [2.24, 2.45) is 0 Å². The predicted molar refractivity (Wildman–Crippen MR) is 75.6 cm³/mol. The monoisotopic (exact) mass is 240 g/mol. The van der Waals surface area contributed by atoms with Gasteiger partial charge in [-0.05, 0) is 37.1 Å². The van der Waals surface area contributed by atoms with E-state index in [1.165, 1.54) is 11.1 Å². The maximum Gasteiger partial charge on any atom is 0.0591 e. The summed E-state index contributed by atoms with van der Waals surface area (Å²) in [6, 6.07) is 15.0. The van der Waals surface area contributed by atoms with Crippen LogP contribution in [0.5, 0.6) is 0 Å². The van der Waals surface area contributed by atoms with E-state index >= 15 is 0 Å². The fourth-order valence-electron chi connectivity index (χ4n) is 2.01. The van der Waals surface area contributed by atoms with Crippen molar-refractivity contribution in [3.8, 4) is 0 Å². The molecule has 1 N–H and O–H groups in total. The Balaban J connectivity index is 2.27. The lowest BCUT2D eigenvalue weighted by atomic mass is 10.00. The van der Waals surface area contributed by atoms with Crippen LogP contribution in [0.3, 0.4) is 0 Å². The molecule has 0 saturated heterocycles. The lowest BCUT2D eigenvalue weighted by Crippen LogP contribution is -2.23. The van der Waals surface area contributed by atoms with Gasteiger partial charge in [-0.25, -0.2) is 0 Å². The molecule has 2 nitrogen and oxygen atoms in total. The van der Waals surface area contributed by atoms with Crippen LogP contribution in [0.2, 0.25) is 0 Å². The zero-order valence-corrected chi connectivity index (χ0v) is 11.1. The molecule has 0 aliphatic carbocycles. The quantitative estimate of drug-likeness (QED) is 0.865. The average Bonchev–Trinajstić information content (AvgIpc) is 2.42. The third-order valence-electron chi connectivity index (χ3n) is 3.00. The first-order valence-corrected chi connectivity index (χ1v) is 6.52. The van der Waals surface area contributed by atoms with Crippen LogP contribution in [-0.2, 0) is 0 Å². The molecule has 0 aliphatic heterocycles. The number of benzene rings is 1. The van der Waals surface area contributed by atoms with Crippen LogP contribution >= 0.6 is 0 Å². The molecule has 2 rings (SSSR count). The Bertz CT molecular complexity index is 462. The molecule has 1 atom stereocenters. The molecule has 18 heavy (non-hydrogen) atoms. The number of hydrogen-bond donors (Lipinski definition) is 1. The summed E-state index contributed by atoms with van der Waals surface area (Å²) in [5, 5.41) is 3.58. The zero-order valence-electron chi connectivity index (χ0n) is 11.1. The van der Waals surface area contributed by atoms with E-state index in [0.717, 1.165) is 18.7 Å². The molecule has 1 heterocycles. The molecule has 0 fully saturated rings. The maximum absolute atomic E-state index is 4.39. The lowest BCUT2D eigenvalue weighted by Gasteiger charge is -2.19. The van der Waals surface area contributed by atoms with E-state index in [1.54, 1.807) is 0 Å². The van der Waals surface area contributed by atoms with Crippen molar-refractivity contribution in [3.05, 3.63) is 65.5 Å². The van der Waals surface area contributed by atoms with Crippen LogP contribution in [0.1, 0.15) is 36.2 Å². The third kappa shape index (κ3) is 3.17. The highest BCUT2D eigenvalue weighted by Gasteiger charge is 2.12. The molecule has 0 radical (unpaired) electrons. The van der Waals surface area contributed by atoms with E-state index in [2.05, 4.69) is 53.6 Å². The highest BCUT2D eigenvalue weighted by atomic mass is 14.9. The Kier molecular flexibility index (Phi) is 4.48. The Hall–Kier alpha value is -1.67. The van der Waals surface area contributed by atoms with Gasteiger partial charge in [0.25, 0.3) is 0 Å². The molecule has 0 aliphatic rings. The van der Waals surface area contributed by atoms with Gasteiger partial charge in [-0.15, -0.1) is 0 Å². The van der Waals surface area contributed by atoms with Crippen molar-refractivity contribution < 1.29 is 0 Å².